The maximum Gasteiger partial charge on any atom is 0.143 e. The molecule has 0 N–H and O–H groups in total. The highest BCUT2D eigenvalue weighted by Gasteiger charge is 2.19. The second-order valence-corrected chi connectivity index (χ2v) is 10.9. The summed E-state index contributed by atoms with van der Waals surface area (Å²) in [7, 11) is 0. The van der Waals surface area contributed by atoms with E-state index in [0.717, 1.165) is 71.7 Å². The van der Waals surface area contributed by atoms with E-state index in [1.807, 2.05) is 24.3 Å². The van der Waals surface area contributed by atoms with Gasteiger partial charge in [0.25, 0.3) is 0 Å². The smallest absolute Gasteiger partial charge is 0.143 e. The molecule has 3 nitrogen and oxygen atoms in total. The summed E-state index contributed by atoms with van der Waals surface area (Å²) in [5.74, 6) is 0. The molecular weight excluding hydrogens is 526 g/mol. The fourth-order valence-corrected chi connectivity index (χ4v) is 6.43. The molecule has 0 atom stereocenters. The van der Waals surface area contributed by atoms with Crippen molar-refractivity contribution in [3.8, 4) is 11.1 Å². The van der Waals surface area contributed by atoms with Crippen LogP contribution in [0.3, 0.4) is 0 Å². The molecule has 9 aromatic rings. The number of fused-ring (bicyclic) bond motifs is 8. The Morgan fingerprint density at radius 3 is 1.74 bits per heavy atom. The van der Waals surface area contributed by atoms with Crippen LogP contribution < -0.4 is 4.90 Å². The Labute approximate surface area is 247 Å². The van der Waals surface area contributed by atoms with Crippen molar-refractivity contribution in [3.05, 3.63) is 152 Å². The molecule has 0 saturated heterocycles. The summed E-state index contributed by atoms with van der Waals surface area (Å²) >= 11 is 0. The van der Waals surface area contributed by atoms with Gasteiger partial charge in [-0.1, -0.05) is 97.1 Å². The fraction of sp³-hybridized carbons (Fsp3) is 0. The van der Waals surface area contributed by atoms with Crippen molar-refractivity contribution in [2.24, 2.45) is 0 Å². The standard InChI is InChI=1S/C40H25NO2/c1-2-9-26(10-3-1)27-17-19-28(20-18-27)41(29-21-24-39-35(25-29)32-12-5-6-15-37(32)42-39)36-14-8-13-33-30(36)22-23-34-31-11-4-7-16-38(31)43-40(33)34/h1-25H. The van der Waals surface area contributed by atoms with Crippen molar-refractivity contribution in [1.29, 1.82) is 0 Å². The van der Waals surface area contributed by atoms with Crippen molar-refractivity contribution < 1.29 is 8.83 Å². The number of benzene rings is 7. The van der Waals surface area contributed by atoms with Crippen LogP contribution in [0.25, 0.3) is 65.8 Å². The van der Waals surface area contributed by atoms with E-state index in [4.69, 9.17) is 8.83 Å². The minimum atomic E-state index is 0.881. The van der Waals surface area contributed by atoms with E-state index in [2.05, 4.69) is 132 Å². The number of rotatable bonds is 4. The highest BCUT2D eigenvalue weighted by Crippen LogP contribution is 2.44. The molecular formula is C40H25NO2. The lowest BCUT2D eigenvalue weighted by Gasteiger charge is -2.27. The molecule has 0 aliphatic rings. The Kier molecular flexibility index (Phi) is 5.20. The van der Waals surface area contributed by atoms with Crippen LogP contribution in [0.2, 0.25) is 0 Å². The van der Waals surface area contributed by atoms with Gasteiger partial charge >= 0.3 is 0 Å². The van der Waals surface area contributed by atoms with Crippen LogP contribution in [-0.4, -0.2) is 0 Å². The summed E-state index contributed by atoms with van der Waals surface area (Å²) in [5, 5.41) is 6.69. The summed E-state index contributed by atoms with van der Waals surface area (Å²) in [5.41, 5.74) is 9.19. The van der Waals surface area contributed by atoms with Crippen LogP contribution in [0, 0.1) is 0 Å². The van der Waals surface area contributed by atoms with Crippen LogP contribution in [0.1, 0.15) is 0 Å². The molecule has 202 valence electrons. The number of para-hydroxylation sites is 2. The van der Waals surface area contributed by atoms with Gasteiger partial charge in [-0.05, 0) is 65.7 Å². The van der Waals surface area contributed by atoms with E-state index in [1.165, 1.54) is 11.1 Å². The number of furan rings is 2. The second kappa shape index (κ2) is 9.37. The van der Waals surface area contributed by atoms with Gasteiger partial charge in [0.1, 0.15) is 22.3 Å². The van der Waals surface area contributed by atoms with E-state index in [0.29, 0.717) is 0 Å². The molecule has 0 spiro atoms. The Balaban J connectivity index is 1.29. The van der Waals surface area contributed by atoms with Crippen LogP contribution in [0.15, 0.2) is 160 Å². The predicted octanol–water partition coefficient (Wildman–Crippen LogP) is 11.8. The maximum atomic E-state index is 6.44. The summed E-state index contributed by atoms with van der Waals surface area (Å²) < 4.78 is 12.6. The Morgan fingerprint density at radius 2 is 0.930 bits per heavy atom. The monoisotopic (exact) mass is 551 g/mol. The normalized spacial score (nSPS) is 11.7. The predicted molar refractivity (Wildman–Crippen MR) is 179 cm³/mol. The second-order valence-electron chi connectivity index (χ2n) is 10.9. The topological polar surface area (TPSA) is 29.5 Å². The van der Waals surface area contributed by atoms with Gasteiger partial charge in [0.15, 0.2) is 0 Å². The van der Waals surface area contributed by atoms with E-state index in [-0.39, 0.29) is 0 Å². The van der Waals surface area contributed by atoms with Crippen LogP contribution >= 0.6 is 0 Å². The maximum absolute atomic E-state index is 6.44. The first-order chi connectivity index (χ1) is 21.3. The van der Waals surface area contributed by atoms with Crippen molar-refractivity contribution in [2.45, 2.75) is 0 Å². The van der Waals surface area contributed by atoms with Crippen molar-refractivity contribution in [1.82, 2.24) is 0 Å². The zero-order chi connectivity index (χ0) is 28.3. The van der Waals surface area contributed by atoms with Gasteiger partial charge in [-0.2, -0.15) is 0 Å². The number of nitrogens with zero attached hydrogens (tertiary/aromatic N) is 1. The zero-order valence-electron chi connectivity index (χ0n) is 23.2. The number of hydrogen-bond donors (Lipinski definition) is 0. The van der Waals surface area contributed by atoms with Crippen molar-refractivity contribution in [2.75, 3.05) is 4.90 Å². The largest absolute Gasteiger partial charge is 0.456 e. The lowest BCUT2D eigenvalue weighted by Crippen LogP contribution is -2.10. The summed E-state index contributed by atoms with van der Waals surface area (Å²) in [6, 6.07) is 53.2. The quantitative estimate of drug-likeness (QED) is 0.218. The Hall–Kier alpha value is -5.80. The minimum Gasteiger partial charge on any atom is -0.456 e. The van der Waals surface area contributed by atoms with Crippen molar-refractivity contribution >= 4 is 71.7 Å². The SMILES string of the molecule is c1ccc(-c2ccc(N(c3ccc4oc5ccccc5c4c3)c3cccc4c3ccc3c5ccccc5oc43)cc2)cc1. The Morgan fingerprint density at radius 1 is 0.349 bits per heavy atom. The van der Waals surface area contributed by atoms with Gasteiger partial charge in [-0.25, -0.2) is 0 Å². The third-order valence-corrected chi connectivity index (χ3v) is 8.47. The molecule has 43 heavy (non-hydrogen) atoms. The van der Waals surface area contributed by atoms with Crippen LogP contribution in [0.5, 0.6) is 0 Å². The molecule has 0 unspecified atom stereocenters. The summed E-state index contributed by atoms with van der Waals surface area (Å²) in [6.45, 7) is 0. The fourth-order valence-electron chi connectivity index (χ4n) is 6.43. The van der Waals surface area contributed by atoms with Gasteiger partial charge in [0.2, 0.25) is 0 Å². The van der Waals surface area contributed by atoms with Crippen molar-refractivity contribution in [3.63, 3.8) is 0 Å². The summed E-state index contributed by atoms with van der Waals surface area (Å²) in [4.78, 5) is 2.34. The first-order valence-electron chi connectivity index (χ1n) is 14.5. The molecule has 3 heteroatoms. The van der Waals surface area contributed by atoms with Crippen LogP contribution in [-0.2, 0) is 0 Å². The third-order valence-electron chi connectivity index (χ3n) is 8.47. The van der Waals surface area contributed by atoms with E-state index < -0.39 is 0 Å². The first kappa shape index (κ1) is 23.9. The molecule has 0 saturated carbocycles. The highest BCUT2D eigenvalue weighted by atomic mass is 16.3. The molecule has 2 heterocycles. The van der Waals surface area contributed by atoms with Gasteiger partial charge in [-0.15, -0.1) is 0 Å². The lowest BCUT2D eigenvalue weighted by molar-refractivity contribution is 0.669. The highest BCUT2D eigenvalue weighted by molar-refractivity contribution is 6.18. The number of anilines is 3. The summed E-state index contributed by atoms with van der Waals surface area (Å²) in [6.07, 6.45) is 0. The lowest BCUT2D eigenvalue weighted by atomic mass is 10.0. The zero-order valence-corrected chi connectivity index (χ0v) is 23.2. The third kappa shape index (κ3) is 3.75. The van der Waals surface area contributed by atoms with E-state index in [1.54, 1.807) is 0 Å². The first-order valence-corrected chi connectivity index (χ1v) is 14.5. The van der Waals surface area contributed by atoms with E-state index >= 15 is 0 Å². The van der Waals surface area contributed by atoms with Gasteiger partial charge in [0, 0.05) is 43.7 Å². The molecule has 0 amide bonds. The Bertz CT molecular complexity index is 2450. The van der Waals surface area contributed by atoms with Crippen LogP contribution in [0.4, 0.5) is 17.1 Å². The average Bonchev–Trinajstić information content (AvgIpc) is 3.64. The minimum absolute atomic E-state index is 0.881. The molecule has 0 bridgehead atoms. The van der Waals surface area contributed by atoms with E-state index in [9.17, 15) is 0 Å². The molecule has 0 radical (unpaired) electrons. The molecule has 7 aromatic carbocycles. The van der Waals surface area contributed by atoms with Gasteiger partial charge in [0.05, 0.1) is 5.69 Å². The molecule has 0 fully saturated rings. The number of hydrogen-bond acceptors (Lipinski definition) is 3. The van der Waals surface area contributed by atoms with Gasteiger partial charge < -0.3 is 13.7 Å². The molecule has 2 aromatic heterocycles. The molecule has 0 aliphatic carbocycles. The average molecular weight is 552 g/mol. The molecule has 0 aliphatic heterocycles. The van der Waals surface area contributed by atoms with Gasteiger partial charge in [-0.3, -0.25) is 0 Å². The molecule has 9 rings (SSSR count).